The summed E-state index contributed by atoms with van der Waals surface area (Å²) in [5.41, 5.74) is 2.47. The molecule has 0 spiro atoms. The van der Waals surface area contributed by atoms with Crippen LogP contribution >= 0.6 is 0 Å². The molecule has 2 aromatic heterocycles. The van der Waals surface area contributed by atoms with E-state index in [0.29, 0.717) is 23.8 Å². The first-order valence-corrected chi connectivity index (χ1v) is 7.30. The highest BCUT2D eigenvalue weighted by atomic mass is 15.4. The number of nitrogens with one attached hydrogen (secondary N) is 2. The summed E-state index contributed by atoms with van der Waals surface area (Å²) >= 11 is 0. The van der Waals surface area contributed by atoms with E-state index in [1.807, 2.05) is 0 Å². The highest BCUT2D eigenvalue weighted by Gasteiger charge is 2.14. The van der Waals surface area contributed by atoms with Crippen LogP contribution in [0.1, 0.15) is 32.1 Å². The lowest BCUT2D eigenvalue weighted by Gasteiger charge is -2.21. The molecule has 0 saturated heterocycles. The van der Waals surface area contributed by atoms with E-state index in [9.17, 15) is 0 Å². The van der Waals surface area contributed by atoms with E-state index in [-0.39, 0.29) is 0 Å². The zero-order valence-corrected chi connectivity index (χ0v) is 11.9. The smallest absolute Gasteiger partial charge is 0.243 e. The SMILES string of the molecule is NNc1nc(NCC2CCCCC2)nc(-n2ccnc2)n1. The lowest BCUT2D eigenvalue weighted by Crippen LogP contribution is -2.20. The van der Waals surface area contributed by atoms with Crippen molar-refractivity contribution in [1.82, 2.24) is 24.5 Å². The Morgan fingerprint density at radius 3 is 2.67 bits per heavy atom. The first kappa shape index (κ1) is 13.7. The standard InChI is InChI=1S/C13H20N8/c14-20-12-17-11(16-8-10-4-2-1-3-5-10)18-13(19-12)21-7-6-15-9-21/h6-7,9-10H,1-5,8,14H2,(H2,16,17,18,19,20). The number of nitrogens with two attached hydrogens (primary N) is 1. The van der Waals surface area contributed by atoms with Crippen molar-refractivity contribution in [2.45, 2.75) is 32.1 Å². The van der Waals surface area contributed by atoms with Crippen molar-refractivity contribution in [3.05, 3.63) is 18.7 Å². The number of imidazole rings is 1. The number of nitrogens with zero attached hydrogens (tertiary/aromatic N) is 5. The number of rotatable bonds is 5. The topological polar surface area (TPSA) is 107 Å². The van der Waals surface area contributed by atoms with Gasteiger partial charge in [-0.2, -0.15) is 15.0 Å². The number of hydrogen-bond acceptors (Lipinski definition) is 7. The third-order valence-corrected chi connectivity index (χ3v) is 3.76. The Bertz CT molecular complexity index is 562. The number of nitrogen functional groups attached to an aromatic ring is 1. The maximum Gasteiger partial charge on any atom is 0.243 e. The molecule has 3 rings (SSSR count). The molecule has 8 heteroatoms. The summed E-state index contributed by atoms with van der Waals surface area (Å²) in [6, 6.07) is 0. The summed E-state index contributed by atoms with van der Waals surface area (Å²) in [6.07, 6.45) is 11.6. The predicted molar refractivity (Wildman–Crippen MR) is 79.8 cm³/mol. The molecule has 0 aromatic carbocycles. The minimum atomic E-state index is 0.333. The van der Waals surface area contributed by atoms with Gasteiger partial charge in [-0.25, -0.2) is 10.8 Å². The van der Waals surface area contributed by atoms with Crippen LogP contribution in [0.25, 0.3) is 5.95 Å². The van der Waals surface area contributed by atoms with Crippen molar-refractivity contribution in [3.63, 3.8) is 0 Å². The summed E-state index contributed by atoms with van der Waals surface area (Å²) in [4.78, 5) is 16.9. The van der Waals surface area contributed by atoms with Crippen LogP contribution in [0.5, 0.6) is 0 Å². The molecule has 1 aliphatic rings. The summed E-state index contributed by atoms with van der Waals surface area (Å²) in [7, 11) is 0. The van der Waals surface area contributed by atoms with Gasteiger partial charge in [-0.05, 0) is 18.8 Å². The average Bonchev–Trinajstić information content (AvgIpc) is 3.08. The first-order chi connectivity index (χ1) is 10.3. The molecule has 0 aliphatic heterocycles. The molecule has 0 unspecified atom stereocenters. The van der Waals surface area contributed by atoms with Crippen LogP contribution in [-0.4, -0.2) is 31.0 Å². The number of anilines is 2. The minimum Gasteiger partial charge on any atom is -0.354 e. The molecule has 1 aliphatic carbocycles. The molecule has 0 atom stereocenters. The third kappa shape index (κ3) is 3.46. The largest absolute Gasteiger partial charge is 0.354 e. The lowest BCUT2D eigenvalue weighted by atomic mass is 9.89. The molecule has 4 N–H and O–H groups in total. The van der Waals surface area contributed by atoms with Gasteiger partial charge in [0.2, 0.25) is 17.8 Å². The molecule has 0 bridgehead atoms. The molecule has 0 amide bonds. The molecule has 112 valence electrons. The van der Waals surface area contributed by atoms with Gasteiger partial charge in [0, 0.05) is 18.9 Å². The van der Waals surface area contributed by atoms with E-state index < -0.39 is 0 Å². The van der Waals surface area contributed by atoms with Gasteiger partial charge in [0.1, 0.15) is 6.33 Å². The van der Waals surface area contributed by atoms with Crippen LogP contribution in [0.2, 0.25) is 0 Å². The van der Waals surface area contributed by atoms with Gasteiger partial charge in [-0.1, -0.05) is 19.3 Å². The van der Waals surface area contributed by atoms with E-state index >= 15 is 0 Å². The normalized spacial score (nSPS) is 15.9. The van der Waals surface area contributed by atoms with Gasteiger partial charge >= 0.3 is 0 Å². The Balaban J connectivity index is 1.73. The fourth-order valence-electron chi connectivity index (χ4n) is 2.63. The third-order valence-electron chi connectivity index (χ3n) is 3.76. The predicted octanol–water partition coefficient (Wildman–Crippen LogP) is 1.34. The number of hydrazine groups is 1. The quantitative estimate of drug-likeness (QED) is 0.563. The number of hydrogen-bond donors (Lipinski definition) is 3. The molecule has 2 heterocycles. The van der Waals surface area contributed by atoms with Crippen molar-refractivity contribution in [2.75, 3.05) is 17.3 Å². The van der Waals surface area contributed by atoms with Crippen molar-refractivity contribution in [1.29, 1.82) is 0 Å². The van der Waals surface area contributed by atoms with Crippen molar-refractivity contribution >= 4 is 11.9 Å². The van der Waals surface area contributed by atoms with Crippen LogP contribution in [0.4, 0.5) is 11.9 Å². The number of aromatic nitrogens is 5. The second-order valence-electron chi connectivity index (χ2n) is 5.28. The van der Waals surface area contributed by atoms with E-state index in [1.54, 1.807) is 23.3 Å². The minimum absolute atomic E-state index is 0.333. The van der Waals surface area contributed by atoms with Crippen molar-refractivity contribution in [3.8, 4) is 5.95 Å². The highest BCUT2D eigenvalue weighted by Crippen LogP contribution is 2.23. The van der Waals surface area contributed by atoms with Crippen molar-refractivity contribution in [2.24, 2.45) is 11.8 Å². The summed E-state index contributed by atoms with van der Waals surface area (Å²) < 4.78 is 1.72. The molecule has 1 saturated carbocycles. The molecule has 1 fully saturated rings. The van der Waals surface area contributed by atoms with Gasteiger partial charge in [-0.15, -0.1) is 0 Å². The molecule has 2 aromatic rings. The fraction of sp³-hybridized carbons (Fsp3) is 0.538. The maximum absolute atomic E-state index is 5.42. The van der Waals surface area contributed by atoms with Gasteiger partial charge in [-0.3, -0.25) is 9.99 Å². The zero-order chi connectivity index (χ0) is 14.5. The molecular formula is C13H20N8. The van der Waals surface area contributed by atoms with Crippen LogP contribution in [-0.2, 0) is 0 Å². The van der Waals surface area contributed by atoms with Gasteiger partial charge < -0.3 is 5.32 Å². The summed E-state index contributed by atoms with van der Waals surface area (Å²) in [6.45, 7) is 0.886. The molecule has 21 heavy (non-hydrogen) atoms. The van der Waals surface area contributed by atoms with Gasteiger partial charge in [0.05, 0.1) is 0 Å². The second-order valence-corrected chi connectivity index (χ2v) is 5.28. The summed E-state index contributed by atoms with van der Waals surface area (Å²) in [5, 5.41) is 3.30. The lowest BCUT2D eigenvalue weighted by molar-refractivity contribution is 0.373. The van der Waals surface area contributed by atoms with Crippen LogP contribution in [0.3, 0.4) is 0 Å². The van der Waals surface area contributed by atoms with Gasteiger partial charge in [0.15, 0.2) is 0 Å². The van der Waals surface area contributed by atoms with E-state index in [1.165, 1.54) is 32.1 Å². The second kappa shape index (κ2) is 6.49. The summed E-state index contributed by atoms with van der Waals surface area (Å²) in [5.74, 6) is 7.48. The Kier molecular flexibility index (Phi) is 4.25. The Morgan fingerprint density at radius 2 is 1.95 bits per heavy atom. The Labute approximate surface area is 123 Å². The zero-order valence-electron chi connectivity index (χ0n) is 11.9. The monoisotopic (exact) mass is 288 g/mol. The molecule has 0 radical (unpaired) electrons. The first-order valence-electron chi connectivity index (χ1n) is 7.30. The van der Waals surface area contributed by atoms with Crippen molar-refractivity contribution < 1.29 is 0 Å². The van der Waals surface area contributed by atoms with Crippen LogP contribution in [0, 0.1) is 5.92 Å². The van der Waals surface area contributed by atoms with Crippen LogP contribution in [0.15, 0.2) is 18.7 Å². The van der Waals surface area contributed by atoms with E-state index in [0.717, 1.165) is 6.54 Å². The highest BCUT2D eigenvalue weighted by molar-refractivity contribution is 5.37. The maximum atomic E-state index is 5.42. The Morgan fingerprint density at radius 1 is 1.14 bits per heavy atom. The van der Waals surface area contributed by atoms with E-state index in [4.69, 9.17) is 5.84 Å². The molecular weight excluding hydrogens is 268 g/mol. The Hall–Kier alpha value is -2.22. The average molecular weight is 288 g/mol. The fourth-order valence-corrected chi connectivity index (χ4v) is 2.63. The van der Waals surface area contributed by atoms with Crippen LogP contribution < -0.4 is 16.6 Å². The van der Waals surface area contributed by atoms with Gasteiger partial charge in [0.25, 0.3) is 0 Å². The van der Waals surface area contributed by atoms with E-state index in [2.05, 4.69) is 30.7 Å². The molecule has 8 nitrogen and oxygen atoms in total.